The first-order valence-corrected chi connectivity index (χ1v) is 9.13. The maximum absolute atomic E-state index is 12.6. The summed E-state index contributed by atoms with van der Waals surface area (Å²) in [4.78, 5) is 25.9. The standard InChI is InChI=1S/C19H22N2O2S/c1-19(8-10-20-11-9-19)13-21-18(23)15-6-3-2-5-14(15)17(22)16-7-4-12-24-16/h2-7,12,20H,8-11,13H2,1H3,(H,21,23). The fraction of sp³-hybridized carbons (Fsp3) is 0.368. The van der Waals surface area contributed by atoms with E-state index in [1.807, 2.05) is 11.4 Å². The zero-order valence-corrected chi connectivity index (χ0v) is 14.6. The van der Waals surface area contributed by atoms with E-state index in [0.29, 0.717) is 22.5 Å². The lowest BCUT2D eigenvalue weighted by Gasteiger charge is -2.34. The molecule has 0 saturated carbocycles. The van der Waals surface area contributed by atoms with Crippen molar-refractivity contribution in [2.45, 2.75) is 19.8 Å². The van der Waals surface area contributed by atoms with E-state index < -0.39 is 0 Å². The van der Waals surface area contributed by atoms with Crippen molar-refractivity contribution in [3.05, 3.63) is 57.8 Å². The first-order chi connectivity index (χ1) is 11.6. The van der Waals surface area contributed by atoms with Crippen molar-refractivity contribution in [1.82, 2.24) is 10.6 Å². The van der Waals surface area contributed by atoms with Gasteiger partial charge >= 0.3 is 0 Å². The van der Waals surface area contributed by atoms with Crippen LogP contribution in [0.15, 0.2) is 41.8 Å². The van der Waals surface area contributed by atoms with E-state index >= 15 is 0 Å². The summed E-state index contributed by atoms with van der Waals surface area (Å²) < 4.78 is 0. The maximum atomic E-state index is 12.6. The summed E-state index contributed by atoms with van der Waals surface area (Å²) in [5.74, 6) is -0.265. The van der Waals surface area contributed by atoms with Crippen LogP contribution in [-0.4, -0.2) is 31.3 Å². The Kier molecular flexibility index (Phi) is 5.11. The molecule has 2 N–H and O–H groups in total. The van der Waals surface area contributed by atoms with Gasteiger partial charge in [0.2, 0.25) is 5.78 Å². The van der Waals surface area contributed by atoms with Crippen LogP contribution >= 0.6 is 11.3 Å². The molecule has 2 aromatic rings. The monoisotopic (exact) mass is 342 g/mol. The van der Waals surface area contributed by atoms with Gasteiger partial charge in [-0.25, -0.2) is 0 Å². The minimum Gasteiger partial charge on any atom is -0.351 e. The van der Waals surface area contributed by atoms with Gasteiger partial charge in [-0.2, -0.15) is 0 Å². The molecule has 1 aromatic carbocycles. The Morgan fingerprint density at radius 1 is 1.12 bits per heavy atom. The van der Waals surface area contributed by atoms with Crippen LogP contribution in [0.2, 0.25) is 0 Å². The molecule has 1 aromatic heterocycles. The third-order valence-corrected chi connectivity index (χ3v) is 5.52. The summed E-state index contributed by atoms with van der Waals surface area (Å²) in [5.41, 5.74) is 1.04. The Morgan fingerprint density at radius 2 is 1.83 bits per heavy atom. The molecule has 3 rings (SSSR count). The van der Waals surface area contributed by atoms with Crippen molar-refractivity contribution in [2.24, 2.45) is 5.41 Å². The molecule has 1 saturated heterocycles. The number of nitrogens with one attached hydrogen (secondary N) is 2. The van der Waals surface area contributed by atoms with Gasteiger partial charge in [-0.15, -0.1) is 11.3 Å². The van der Waals surface area contributed by atoms with Crippen LogP contribution in [0.25, 0.3) is 0 Å². The number of rotatable bonds is 5. The topological polar surface area (TPSA) is 58.2 Å². The SMILES string of the molecule is CC1(CNC(=O)c2ccccc2C(=O)c2cccs2)CCNCC1. The molecule has 4 nitrogen and oxygen atoms in total. The van der Waals surface area contributed by atoms with Gasteiger partial charge in [-0.1, -0.05) is 31.2 Å². The van der Waals surface area contributed by atoms with Crippen LogP contribution in [0.1, 0.15) is 45.4 Å². The fourth-order valence-electron chi connectivity index (χ4n) is 3.02. The minimum absolute atomic E-state index is 0.0937. The van der Waals surface area contributed by atoms with Gasteiger partial charge in [0.1, 0.15) is 0 Å². The molecule has 5 heteroatoms. The second-order valence-corrected chi connectivity index (χ2v) is 7.54. The molecule has 1 fully saturated rings. The molecule has 0 atom stereocenters. The molecular formula is C19H22N2O2S. The Bertz CT molecular complexity index is 719. The van der Waals surface area contributed by atoms with Crippen molar-refractivity contribution in [2.75, 3.05) is 19.6 Å². The highest BCUT2D eigenvalue weighted by molar-refractivity contribution is 7.12. The number of piperidine rings is 1. The van der Waals surface area contributed by atoms with Gasteiger partial charge in [0, 0.05) is 12.1 Å². The molecule has 1 amide bonds. The van der Waals surface area contributed by atoms with Crippen LogP contribution in [0.4, 0.5) is 0 Å². The van der Waals surface area contributed by atoms with Gasteiger partial charge in [-0.3, -0.25) is 9.59 Å². The molecule has 0 radical (unpaired) electrons. The zero-order valence-electron chi connectivity index (χ0n) is 13.8. The van der Waals surface area contributed by atoms with E-state index in [-0.39, 0.29) is 17.1 Å². The van der Waals surface area contributed by atoms with Gasteiger partial charge in [0.25, 0.3) is 5.91 Å². The summed E-state index contributed by atoms with van der Waals surface area (Å²) in [6, 6.07) is 10.7. The van der Waals surface area contributed by atoms with E-state index in [9.17, 15) is 9.59 Å². The lowest BCUT2D eigenvalue weighted by atomic mass is 9.81. The number of carbonyl (C=O) groups is 2. The molecule has 1 aliphatic rings. The number of carbonyl (C=O) groups excluding carboxylic acids is 2. The molecule has 0 spiro atoms. The smallest absolute Gasteiger partial charge is 0.252 e. The lowest BCUT2D eigenvalue weighted by Crippen LogP contribution is -2.43. The van der Waals surface area contributed by atoms with E-state index in [1.165, 1.54) is 11.3 Å². The molecule has 126 valence electrons. The first kappa shape index (κ1) is 16.9. The van der Waals surface area contributed by atoms with E-state index in [4.69, 9.17) is 0 Å². The molecule has 0 aliphatic carbocycles. The van der Waals surface area contributed by atoms with Crippen LogP contribution in [0.3, 0.4) is 0 Å². The summed E-state index contributed by atoms with van der Waals surface area (Å²) in [7, 11) is 0. The number of hydrogen-bond donors (Lipinski definition) is 2. The van der Waals surface area contributed by atoms with Crippen LogP contribution in [0.5, 0.6) is 0 Å². The average Bonchev–Trinajstić information content (AvgIpc) is 3.14. The van der Waals surface area contributed by atoms with Crippen molar-refractivity contribution >= 4 is 23.0 Å². The molecule has 0 bridgehead atoms. The number of benzene rings is 1. The number of amides is 1. The van der Waals surface area contributed by atoms with E-state index in [0.717, 1.165) is 25.9 Å². The number of thiophene rings is 1. The second kappa shape index (κ2) is 7.28. The minimum atomic E-state index is -0.171. The first-order valence-electron chi connectivity index (χ1n) is 8.25. The highest BCUT2D eigenvalue weighted by Crippen LogP contribution is 2.27. The van der Waals surface area contributed by atoms with E-state index in [2.05, 4.69) is 17.6 Å². The predicted molar refractivity (Wildman–Crippen MR) is 96.7 cm³/mol. The van der Waals surface area contributed by atoms with Crippen molar-refractivity contribution in [3.8, 4) is 0 Å². The van der Waals surface area contributed by atoms with Crippen LogP contribution in [-0.2, 0) is 0 Å². The maximum Gasteiger partial charge on any atom is 0.252 e. The largest absolute Gasteiger partial charge is 0.351 e. The van der Waals surface area contributed by atoms with E-state index in [1.54, 1.807) is 30.3 Å². The summed E-state index contributed by atoms with van der Waals surface area (Å²) >= 11 is 1.39. The fourth-order valence-corrected chi connectivity index (χ4v) is 3.69. The molecule has 24 heavy (non-hydrogen) atoms. The molecule has 1 aliphatic heterocycles. The predicted octanol–water partition coefficient (Wildman–Crippen LogP) is 3.10. The zero-order chi connectivity index (χ0) is 17.0. The summed E-state index contributed by atoms with van der Waals surface area (Å²) in [6.45, 7) is 4.81. The third kappa shape index (κ3) is 3.74. The highest BCUT2D eigenvalue weighted by atomic mass is 32.1. The van der Waals surface area contributed by atoms with Crippen LogP contribution in [0, 0.1) is 5.41 Å². The van der Waals surface area contributed by atoms with Gasteiger partial charge in [0.15, 0.2) is 0 Å². The number of ketones is 1. The summed E-state index contributed by atoms with van der Waals surface area (Å²) in [5, 5.41) is 8.25. The van der Waals surface area contributed by atoms with Crippen molar-refractivity contribution in [1.29, 1.82) is 0 Å². The third-order valence-electron chi connectivity index (χ3n) is 4.65. The Hall–Kier alpha value is -1.98. The average molecular weight is 342 g/mol. The Balaban J connectivity index is 1.74. The second-order valence-electron chi connectivity index (χ2n) is 6.60. The molecule has 0 unspecified atom stereocenters. The van der Waals surface area contributed by atoms with Gasteiger partial charge in [0.05, 0.1) is 10.4 Å². The number of hydrogen-bond acceptors (Lipinski definition) is 4. The molecular weight excluding hydrogens is 320 g/mol. The summed E-state index contributed by atoms with van der Waals surface area (Å²) in [6.07, 6.45) is 2.09. The lowest BCUT2D eigenvalue weighted by molar-refractivity contribution is 0.0914. The highest BCUT2D eigenvalue weighted by Gasteiger charge is 2.28. The Labute approximate surface area is 146 Å². The Morgan fingerprint density at radius 3 is 2.50 bits per heavy atom. The molecule has 2 heterocycles. The van der Waals surface area contributed by atoms with Gasteiger partial charge in [-0.05, 0) is 48.9 Å². The van der Waals surface area contributed by atoms with Gasteiger partial charge < -0.3 is 10.6 Å². The quantitative estimate of drug-likeness (QED) is 0.821. The van der Waals surface area contributed by atoms with Crippen LogP contribution < -0.4 is 10.6 Å². The van der Waals surface area contributed by atoms with Crippen molar-refractivity contribution < 1.29 is 9.59 Å². The van der Waals surface area contributed by atoms with Crippen molar-refractivity contribution in [3.63, 3.8) is 0 Å². The normalized spacial score (nSPS) is 16.5.